The van der Waals surface area contributed by atoms with Gasteiger partial charge in [-0.05, 0) is 36.2 Å². The van der Waals surface area contributed by atoms with Crippen LogP contribution in [-0.2, 0) is 0 Å². The number of likely N-dealkylation sites (N-methyl/N-ethyl adjacent to an activating group) is 1. The van der Waals surface area contributed by atoms with Gasteiger partial charge in [0, 0.05) is 26.2 Å². The Morgan fingerprint density at radius 2 is 1.85 bits per heavy atom. The fraction of sp³-hybridized carbons (Fsp3) is 0.300. The molecule has 1 amide bonds. The van der Waals surface area contributed by atoms with Crippen LogP contribution < -0.4 is 0 Å². The fourth-order valence-corrected chi connectivity index (χ4v) is 3.95. The van der Waals surface area contributed by atoms with Crippen LogP contribution in [-0.4, -0.2) is 58.2 Å². The molecule has 1 aromatic carbocycles. The number of hydrogen-bond donors (Lipinski definition) is 0. The molecule has 3 aromatic rings. The summed E-state index contributed by atoms with van der Waals surface area (Å²) >= 11 is 1.64. The first-order valence-electron chi connectivity index (χ1n) is 8.97. The van der Waals surface area contributed by atoms with Gasteiger partial charge in [-0.3, -0.25) is 4.79 Å². The van der Waals surface area contributed by atoms with E-state index >= 15 is 0 Å². The van der Waals surface area contributed by atoms with E-state index in [1.807, 2.05) is 58.8 Å². The normalized spacial score (nSPS) is 15.3. The minimum absolute atomic E-state index is 0.0555. The molecule has 1 saturated heterocycles. The first-order chi connectivity index (χ1) is 12.8. The average Bonchev–Trinajstić information content (AvgIpc) is 3.38. The van der Waals surface area contributed by atoms with Gasteiger partial charge in [0.2, 0.25) is 0 Å². The van der Waals surface area contributed by atoms with Gasteiger partial charge in [-0.2, -0.15) is 5.10 Å². The second kappa shape index (κ2) is 7.43. The minimum atomic E-state index is 0.0555. The van der Waals surface area contributed by atoms with Crippen LogP contribution in [0.4, 0.5) is 0 Å². The lowest BCUT2D eigenvalue weighted by Crippen LogP contribution is -2.48. The Balaban J connectivity index is 1.69. The Morgan fingerprint density at radius 1 is 1.08 bits per heavy atom. The monoisotopic (exact) mass is 366 g/mol. The quantitative estimate of drug-likeness (QED) is 0.711. The summed E-state index contributed by atoms with van der Waals surface area (Å²) in [6.07, 6.45) is 0. The van der Waals surface area contributed by atoms with E-state index in [-0.39, 0.29) is 5.91 Å². The highest BCUT2D eigenvalue weighted by Crippen LogP contribution is 2.26. The number of piperazine rings is 1. The maximum atomic E-state index is 13.2. The standard InChI is InChI=1S/C20H22N4OS/c1-2-22-10-12-23(13-11-22)20(25)18-15-17(19-9-6-14-26-19)21-24(18)16-7-4-3-5-8-16/h3-9,14-15H,2,10-13H2,1H3. The van der Waals surface area contributed by atoms with Gasteiger partial charge in [0.25, 0.3) is 5.91 Å². The Morgan fingerprint density at radius 3 is 2.50 bits per heavy atom. The SMILES string of the molecule is CCN1CCN(C(=O)c2cc(-c3cccs3)nn2-c2ccccc2)CC1. The summed E-state index contributed by atoms with van der Waals surface area (Å²) in [5, 5.41) is 6.77. The summed E-state index contributed by atoms with van der Waals surface area (Å²) < 4.78 is 1.78. The molecule has 6 heteroatoms. The van der Waals surface area contributed by atoms with E-state index < -0.39 is 0 Å². The number of amides is 1. The highest BCUT2D eigenvalue weighted by atomic mass is 32.1. The third-order valence-electron chi connectivity index (χ3n) is 4.81. The number of aromatic nitrogens is 2. The zero-order chi connectivity index (χ0) is 17.9. The molecule has 2 aromatic heterocycles. The Bertz CT molecular complexity index is 865. The molecule has 0 bridgehead atoms. The van der Waals surface area contributed by atoms with Crippen molar-refractivity contribution in [1.82, 2.24) is 19.6 Å². The molecule has 4 rings (SSSR count). The Labute approximate surface area is 157 Å². The van der Waals surface area contributed by atoms with Crippen molar-refractivity contribution >= 4 is 17.2 Å². The summed E-state index contributed by atoms with van der Waals surface area (Å²) in [6, 6.07) is 15.8. The van der Waals surface area contributed by atoms with Crippen LogP contribution in [0.5, 0.6) is 0 Å². The van der Waals surface area contributed by atoms with Crippen molar-refractivity contribution < 1.29 is 4.79 Å². The van der Waals surface area contributed by atoms with Crippen molar-refractivity contribution in [3.63, 3.8) is 0 Å². The molecule has 134 valence electrons. The summed E-state index contributed by atoms with van der Waals surface area (Å²) in [5.74, 6) is 0.0555. The molecule has 1 aliphatic rings. The molecule has 0 spiro atoms. The first-order valence-corrected chi connectivity index (χ1v) is 9.85. The predicted octanol–water partition coefficient (Wildman–Crippen LogP) is 3.38. The second-order valence-electron chi connectivity index (χ2n) is 6.37. The summed E-state index contributed by atoms with van der Waals surface area (Å²) in [4.78, 5) is 18.6. The average molecular weight is 366 g/mol. The van der Waals surface area contributed by atoms with Crippen molar-refractivity contribution in [3.05, 3.63) is 59.6 Å². The third-order valence-corrected chi connectivity index (χ3v) is 5.70. The molecule has 0 unspecified atom stereocenters. The largest absolute Gasteiger partial charge is 0.335 e. The van der Waals surface area contributed by atoms with E-state index in [9.17, 15) is 4.79 Å². The van der Waals surface area contributed by atoms with Crippen LogP contribution in [0.1, 0.15) is 17.4 Å². The van der Waals surface area contributed by atoms with Gasteiger partial charge in [0.05, 0.1) is 10.6 Å². The lowest BCUT2D eigenvalue weighted by atomic mass is 10.2. The van der Waals surface area contributed by atoms with Crippen LogP contribution in [0.3, 0.4) is 0 Å². The number of rotatable bonds is 4. The van der Waals surface area contributed by atoms with E-state index in [2.05, 4.69) is 11.8 Å². The van der Waals surface area contributed by atoms with E-state index in [0.29, 0.717) is 5.69 Å². The Kier molecular flexibility index (Phi) is 4.86. The van der Waals surface area contributed by atoms with Gasteiger partial charge < -0.3 is 9.80 Å². The highest BCUT2D eigenvalue weighted by Gasteiger charge is 2.25. The van der Waals surface area contributed by atoms with Crippen molar-refractivity contribution in [1.29, 1.82) is 0 Å². The van der Waals surface area contributed by atoms with Gasteiger partial charge in [0.1, 0.15) is 11.4 Å². The number of nitrogens with zero attached hydrogens (tertiary/aromatic N) is 4. The summed E-state index contributed by atoms with van der Waals surface area (Å²) in [7, 11) is 0. The van der Waals surface area contributed by atoms with Crippen LogP contribution in [0.15, 0.2) is 53.9 Å². The second-order valence-corrected chi connectivity index (χ2v) is 7.31. The zero-order valence-electron chi connectivity index (χ0n) is 14.8. The highest BCUT2D eigenvalue weighted by molar-refractivity contribution is 7.13. The number of para-hydroxylation sites is 1. The number of thiophene rings is 1. The molecule has 0 saturated carbocycles. The molecule has 1 fully saturated rings. The van der Waals surface area contributed by atoms with Gasteiger partial charge >= 0.3 is 0 Å². The number of carbonyl (C=O) groups is 1. The van der Waals surface area contributed by atoms with Gasteiger partial charge in [0.15, 0.2) is 0 Å². The molecule has 1 aliphatic heterocycles. The lowest BCUT2D eigenvalue weighted by molar-refractivity contribution is 0.0634. The lowest BCUT2D eigenvalue weighted by Gasteiger charge is -2.34. The molecule has 0 atom stereocenters. The third kappa shape index (κ3) is 3.30. The van der Waals surface area contributed by atoms with Crippen LogP contribution >= 0.6 is 11.3 Å². The zero-order valence-corrected chi connectivity index (χ0v) is 15.7. The summed E-state index contributed by atoms with van der Waals surface area (Å²) in [5.41, 5.74) is 2.38. The fourth-order valence-electron chi connectivity index (χ4n) is 3.27. The van der Waals surface area contributed by atoms with Gasteiger partial charge in [-0.15, -0.1) is 11.3 Å². The summed E-state index contributed by atoms with van der Waals surface area (Å²) in [6.45, 7) is 6.59. The molecule has 5 nitrogen and oxygen atoms in total. The molecule has 3 heterocycles. The molecular weight excluding hydrogens is 344 g/mol. The number of benzene rings is 1. The maximum Gasteiger partial charge on any atom is 0.272 e. The van der Waals surface area contributed by atoms with Crippen molar-refractivity contribution in [2.45, 2.75) is 6.92 Å². The van der Waals surface area contributed by atoms with E-state index in [1.165, 1.54) is 0 Å². The molecular formula is C20H22N4OS. The topological polar surface area (TPSA) is 41.4 Å². The molecule has 26 heavy (non-hydrogen) atoms. The van der Waals surface area contributed by atoms with E-state index in [0.717, 1.165) is 49.0 Å². The van der Waals surface area contributed by atoms with Crippen LogP contribution in [0.25, 0.3) is 16.3 Å². The van der Waals surface area contributed by atoms with Gasteiger partial charge in [-0.1, -0.05) is 31.2 Å². The van der Waals surface area contributed by atoms with Crippen molar-refractivity contribution in [2.24, 2.45) is 0 Å². The smallest absolute Gasteiger partial charge is 0.272 e. The van der Waals surface area contributed by atoms with Crippen LogP contribution in [0, 0.1) is 0 Å². The minimum Gasteiger partial charge on any atom is -0.335 e. The molecule has 0 N–H and O–H groups in total. The van der Waals surface area contributed by atoms with Crippen molar-refractivity contribution in [2.75, 3.05) is 32.7 Å². The molecule has 0 aliphatic carbocycles. The first kappa shape index (κ1) is 17.0. The van der Waals surface area contributed by atoms with E-state index in [1.54, 1.807) is 16.0 Å². The number of hydrogen-bond acceptors (Lipinski definition) is 4. The molecule has 0 radical (unpaired) electrons. The maximum absolute atomic E-state index is 13.2. The Hall–Kier alpha value is -2.44. The number of carbonyl (C=O) groups excluding carboxylic acids is 1. The van der Waals surface area contributed by atoms with E-state index in [4.69, 9.17) is 5.10 Å². The van der Waals surface area contributed by atoms with Crippen molar-refractivity contribution in [3.8, 4) is 16.3 Å². The van der Waals surface area contributed by atoms with Gasteiger partial charge in [-0.25, -0.2) is 4.68 Å². The van der Waals surface area contributed by atoms with Crippen LogP contribution in [0.2, 0.25) is 0 Å². The predicted molar refractivity (Wildman–Crippen MR) is 105 cm³/mol.